The van der Waals surface area contributed by atoms with Crippen LogP contribution in [0.25, 0.3) is 0 Å². The van der Waals surface area contributed by atoms with E-state index in [0.29, 0.717) is 6.04 Å². The molecule has 0 heterocycles. The van der Waals surface area contributed by atoms with E-state index < -0.39 is 0 Å². The minimum atomic E-state index is 0.0701. The Morgan fingerprint density at radius 2 is 1.63 bits per heavy atom. The van der Waals surface area contributed by atoms with E-state index >= 15 is 0 Å². The largest absolute Gasteiger partial charge is 0.382 e. The van der Waals surface area contributed by atoms with Gasteiger partial charge >= 0.3 is 0 Å². The van der Waals surface area contributed by atoms with Crippen LogP contribution in [0.15, 0.2) is 24.3 Å². The second kappa shape index (κ2) is 6.74. The molecule has 104 valence electrons. The molecule has 0 atom stereocenters. The first-order valence-electron chi connectivity index (χ1n) is 7.57. The summed E-state index contributed by atoms with van der Waals surface area (Å²) in [4.78, 5) is 11.9. The number of hydrogen-bond acceptors (Lipinski definition) is 2. The van der Waals surface area contributed by atoms with Gasteiger partial charge < -0.3 is 5.32 Å². The lowest BCUT2D eigenvalue weighted by Gasteiger charge is -2.17. The van der Waals surface area contributed by atoms with Gasteiger partial charge in [-0.1, -0.05) is 39.5 Å². The molecule has 2 nitrogen and oxygen atoms in total. The maximum absolute atomic E-state index is 11.9. The standard InChI is InChI=1S/C17H25NO/c1-13(2)17(19)14-9-11-16(12-10-14)18-15-7-5-3-4-6-8-15/h9-13,15,18H,3-8H2,1-2H3. The lowest BCUT2D eigenvalue weighted by Crippen LogP contribution is -2.18. The van der Waals surface area contributed by atoms with E-state index in [1.807, 2.05) is 38.1 Å². The van der Waals surface area contributed by atoms with Crippen LogP contribution in [0.3, 0.4) is 0 Å². The Labute approximate surface area is 116 Å². The lowest BCUT2D eigenvalue weighted by atomic mass is 10.0. The summed E-state index contributed by atoms with van der Waals surface area (Å²) in [6.45, 7) is 3.89. The van der Waals surface area contributed by atoms with Gasteiger partial charge in [-0.05, 0) is 37.1 Å². The molecule has 1 saturated carbocycles. The van der Waals surface area contributed by atoms with Crippen molar-refractivity contribution >= 4 is 11.5 Å². The molecule has 1 aromatic carbocycles. The summed E-state index contributed by atoms with van der Waals surface area (Å²) in [7, 11) is 0. The monoisotopic (exact) mass is 259 g/mol. The van der Waals surface area contributed by atoms with E-state index in [4.69, 9.17) is 0 Å². The summed E-state index contributed by atoms with van der Waals surface area (Å²) in [5, 5.41) is 3.60. The number of rotatable bonds is 4. The smallest absolute Gasteiger partial charge is 0.165 e. The van der Waals surface area contributed by atoms with Crippen LogP contribution in [-0.4, -0.2) is 11.8 Å². The molecule has 0 spiro atoms. The second-order valence-corrected chi connectivity index (χ2v) is 5.93. The second-order valence-electron chi connectivity index (χ2n) is 5.93. The zero-order chi connectivity index (χ0) is 13.7. The van der Waals surface area contributed by atoms with Crippen molar-refractivity contribution in [1.82, 2.24) is 0 Å². The highest BCUT2D eigenvalue weighted by Gasteiger charge is 2.13. The number of carbonyl (C=O) groups is 1. The van der Waals surface area contributed by atoms with Gasteiger partial charge in [-0.3, -0.25) is 4.79 Å². The molecule has 0 aliphatic heterocycles. The first-order chi connectivity index (χ1) is 9.16. The molecule has 1 N–H and O–H groups in total. The molecule has 1 fully saturated rings. The predicted molar refractivity (Wildman–Crippen MR) is 80.7 cm³/mol. The van der Waals surface area contributed by atoms with Crippen molar-refractivity contribution in [3.63, 3.8) is 0 Å². The van der Waals surface area contributed by atoms with Gasteiger partial charge in [0.05, 0.1) is 0 Å². The van der Waals surface area contributed by atoms with Gasteiger partial charge in [0.15, 0.2) is 5.78 Å². The molecule has 1 aliphatic carbocycles. The van der Waals surface area contributed by atoms with Crippen LogP contribution in [0.1, 0.15) is 62.7 Å². The number of ketones is 1. The van der Waals surface area contributed by atoms with Gasteiger partial charge in [0.2, 0.25) is 0 Å². The molecule has 0 bridgehead atoms. The number of nitrogens with one attached hydrogen (secondary N) is 1. The molecule has 2 heteroatoms. The average Bonchev–Trinajstić information content (AvgIpc) is 2.67. The molecule has 0 radical (unpaired) electrons. The molecule has 0 aromatic heterocycles. The molecule has 0 saturated heterocycles. The number of hydrogen-bond donors (Lipinski definition) is 1. The molecule has 0 unspecified atom stereocenters. The minimum Gasteiger partial charge on any atom is -0.382 e. The Morgan fingerprint density at radius 1 is 1.05 bits per heavy atom. The van der Waals surface area contributed by atoms with Crippen LogP contribution in [0.5, 0.6) is 0 Å². The highest BCUT2D eigenvalue weighted by Crippen LogP contribution is 2.21. The van der Waals surface area contributed by atoms with Crippen molar-refractivity contribution in [1.29, 1.82) is 0 Å². The molecule has 2 rings (SSSR count). The summed E-state index contributed by atoms with van der Waals surface area (Å²) in [6.07, 6.45) is 7.96. The highest BCUT2D eigenvalue weighted by atomic mass is 16.1. The fourth-order valence-corrected chi connectivity index (χ4v) is 2.72. The Kier molecular flexibility index (Phi) is 5.00. The fourth-order valence-electron chi connectivity index (χ4n) is 2.72. The van der Waals surface area contributed by atoms with E-state index in [9.17, 15) is 4.79 Å². The lowest BCUT2D eigenvalue weighted by molar-refractivity contribution is 0.0939. The Bertz CT molecular complexity index is 400. The van der Waals surface area contributed by atoms with Crippen LogP contribution in [0, 0.1) is 5.92 Å². The third kappa shape index (κ3) is 4.09. The predicted octanol–water partition coefficient (Wildman–Crippen LogP) is 4.66. The molecular formula is C17H25NO. The number of Topliss-reactive ketones (excluding diaryl/α,β-unsaturated/α-hetero) is 1. The molecule has 19 heavy (non-hydrogen) atoms. The molecule has 1 aromatic rings. The highest BCUT2D eigenvalue weighted by molar-refractivity contribution is 5.97. The van der Waals surface area contributed by atoms with E-state index in [1.165, 1.54) is 38.5 Å². The number of anilines is 1. The molecule has 1 aliphatic rings. The normalized spacial score (nSPS) is 17.2. The number of benzene rings is 1. The first kappa shape index (κ1) is 14.1. The third-order valence-electron chi connectivity index (χ3n) is 3.92. The van der Waals surface area contributed by atoms with Gasteiger partial charge in [0.25, 0.3) is 0 Å². The maximum Gasteiger partial charge on any atom is 0.165 e. The van der Waals surface area contributed by atoms with Gasteiger partial charge in [-0.15, -0.1) is 0 Å². The van der Waals surface area contributed by atoms with Gasteiger partial charge in [-0.2, -0.15) is 0 Å². The summed E-state index contributed by atoms with van der Waals surface area (Å²) in [6, 6.07) is 8.58. The number of carbonyl (C=O) groups excluding carboxylic acids is 1. The zero-order valence-electron chi connectivity index (χ0n) is 12.1. The maximum atomic E-state index is 11.9. The quantitative estimate of drug-likeness (QED) is 0.629. The van der Waals surface area contributed by atoms with Crippen molar-refractivity contribution < 1.29 is 4.79 Å². The van der Waals surface area contributed by atoms with Crippen LogP contribution >= 0.6 is 0 Å². The van der Waals surface area contributed by atoms with Crippen LogP contribution in [0.4, 0.5) is 5.69 Å². The van der Waals surface area contributed by atoms with E-state index in [-0.39, 0.29) is 11.7 Å². The summed E-state index contributed by atoms with van der Waals surface area (Å²) < 4.78 is 0. The minimum absolute atomic E-state index is 0.0701. The van der Waals surface area contributed by atoms with Gasteiger partial charge in [0.1, 0.15) is 0 Å². The third-order valence-corrected chi connectivity index (χ3v) is 3.92. The van der Waals surface area contributed by atoms with Crippen molar-refractivity contribution in [3.05, 3.63) is 29.8 Å². The Balaban J connectivity index is 1.96. The van der Waals surface area contributed by atoms with Crippen molar-refractivity contribution in [2.75, 3.05) is 5.32 Å². The van der Waals surface area contributed by atoms with Crippen LogP contribution < -0.4 is 5.32 Å². The molecular weight excluding hydrogens is 234 g/mol. The summed E-state index contributed by atoms with van der Waals surface area (Å²) in [5.74, 6) is 0.293. The fraction of sp³-hybridized carbons (Fsp3) is 0.588. The van der Waals surface area contributed by atoms with Crippen LogP contribution in [0.2, 0.25) is 0 Å². The average molecular weight is 259 g/mol. The Hall–Kier alpha value is -1.31. The summed E-state index contributed by atoms with van der Waals surface area (Å²) in [5.41, 5.74) is 1.97. The van der Waals surface area contributed by atoms with E-state index in [1.54, 1.807) is 0 Å². The first-order valence-corrected chi connectivity index (χ1v) is 7.57. The van der Waals surface area contributed by atoms with E-state index in [0.717, 1.165) is 11.3 Å². The SMILES string of the molecule is CC(C)C(=O)c1ccc(NC2CCCCCC2)cc1. The zero-order valence-corrected chi connectivity index (χ0v) is 12.1. The van der Waals surface area contributed by atoms with E-state index in [2.05, 4.69) is 5.32 Å². The van der Waals surface area contributed by atoms with Crippen LogP contribution in [-0.2, 0) is 0 Å². The van der Waals surface area contributed by atoms with Gasteiger partial charge in [-0.25, -0.2) is 0 Å². The summed E-state index contributed by atoms with van der Waals surface area (Å²) >= 11 is 0. The van der Waals surface area contributed by atoms with Gasteiger partial charge in [0, 0.05) is 23.2 Å². The van der Waals surface area contributed by atoms with Crippen molar-refractivity contribution in [2.45, 2.75) is 58.4 Å². The molecule has 0 amide bonds. The Morgan fingerprint density at radius 3 is 2.16 bits per heavy atom. The van der Waals surface area contributed by atoms with Crippen molar-refractivity contribution in [3.8, 4) is 0 Å². The van der Waals surface area contributed by atoms with Crippen molar-refractivity contribution in [2.24, 2.45) is 5.92 Å². The topological polar surface area (TPSA) is 29.1 Å².